The van der Waals surface area contributed by atoms with Gasteiger partial charge in [-0.1, -0.05) is 34.3 Å². The third kappa shape index (κ3) is 3.13. The van der Waals surface area contributed by atoms with Crippen molar-refractivity contribution in [2.45, 2.75) is 20.5 Å². The molecule has 0 unspecified atom stereocenters. The van der Waals surface area contributed by atoms with Crippen LogP contribution in [0, 0.1) is 13.8 Å². The molecule has 0 aliphatic rings. The highest BCUT2D eigenvalue weighted by Crippen LogP contribution is 2.23. The minimum Gasteiger partial charge on any atom is -0.455 e. The van der Waals surface area contributed by atoms with Gasteiger partial charge in [0, 0.05) is 28.6 Å². The summed E-state index contributed by atoms with van der Waals surface area (Å²) in [5.74, 6) is -0.399. The quantitative estimate of drug-likeness (QED) is 0.670. The summed E-state index contributed by atoms with van der Waals surface area (Å²) in [5.41, 5.74) is 3.82. The second-order valence-electron chi connectivity index (χ2n) is 5.03. The van der Waals surface area contributed by atoms with E-state index in [1.807, 2.05) is 54.8 Å². The van der Waals surface area contributed by atoms with E-state index in [9.17, 15) is 4.79 Å². The highest BCUT2D eigenvalue weighted by atomic mass is 35.5. The molecule has 0 amide bonds. The van der Waals surface area contributed by atoms with Crippen molar-refractivity contribution < 1.29 is 9.53 Å². The molecule has 0 radical (unpaired) electrons. The molecule has 2 heterocycles. The Morgan fingerprint density at radius 3 is 2.70 bits per heavy atom. The van der Waals surface area contributed by atoms with E-state index in [0.717, 1.165) is 28.6 Å². The molecule has 0 saturated heterocycles. The van der Waals surface area contributed by atoms with E-state index in [2.05, 4.69) is 9.59 Å². The number of para-hydroxylation sites is 1. The molecule has 2 aromatic heterocycles. The average molecular weight is 348 g/mol. The maximum Gasteiger partial charge on any atom is 0.340 e. The Morgan fingerprint density at radius 2 is 2.04 bits per heavy atom. The number of hydrogen-bond acceptors (Lipinski definition) is 5. The van der Waals surface area contributed by atoms with Crippen molar-refractivity contribution in [3.63, 3.8) is 0 Å². The number of nitrogens with zero attached hydrogens (tertiary/aromatic N) is 3. The van der Waals surface area contributed by atoms with E-state index in [-0.39, 0.29) is 6.61 Å². The highest BCUT2D eigenvalue weighted by molar-refractivity contribution is 7.10. The summed E-state index contributed by atoms with van der Waals surface area (Å²) in [6.07, 6.45) is 0. The molecule has 0 N–H and O–H groups in total. The maximum absolute atomic E-state index is 12.3. The van der Waals surface area contributed by atoms with Gasteiger partial charge >= 0.3 is 5.97 Å². The number of ether oxygens (including phenoxy) is 1. The summed E-state index contributed by atoms with van der Waals surface area (Å²) in [6, 6.07) is 11.7. The first kappa shape index (κ1) is 15.7. The van der Waals surface area contributed by atoms with Gasteiger partial charge in [0.1, 0.15) is 16.6 Å². The highest BCUT2D eigenvalue weighted by Gasteiger charge is 2.18. The molecule has 3 rings (SSSR count). The van der Waals surface area contributed by atoms with Gasteiger partial charge in [-0.2, -0.15) is 0 Å². The van der Waals surface area contributed by atoms with Crippen molar-refractivity contribution in [2.24, 2.45) is 0 Å². The third-order valence-corrected chi connectivity index (χ3v) is 4.50. The van der Waals surface area contributed by atoms with Crippen molar-refractivity contribution in [3.05, 3.63) is 63.4 Å². The molecule has 5 nitrogen and oxygen atoms in total. The number of aryl methyl sites for hydroxylation is 1. The van der Waals surface area contributed by atoms with E-state index in [1.54, 1.807) is 0 Å². The van der Waals surface area contributed by atoms with Gasteiger partial charge < -0.3 is 9.30 Å². The topological polar surface area (TPSA) is 57.0 Å². The Hall–Kier alpha value is -2.18. The maximum atomic E-state index is 12.3. The summed E-state index contributed by atoms with van der Waals surface area (Å²) in [4.78, 5) is 12.3. The molecule has 3 aromatic rings. The number of rotatable bonds is 4. The largest absolute Gasteiger partial charge is 0.455 e. The Kier molecular flexibility index (Phi) is 4.45. The Balaban J connectivity index is 1.83. The van der Waals surface area contributed by atoms with Crippen molar-refractivity contribution in [1.29, 1.82) is 0 Å². The smallest absolute Gasteiger partial charge is 0.340 e. The normalized spacial score (nSPS) is 10.7. The SMILES string of the molecule is Cc1cc(C(=O)OCc2nnsc2Cl)c(C)n1-c1ccccc1. The zero-order valence-electron chi connectivity index (χ0n) is 12.6. The molecular formula is C16H14ClN3O2S. The molecule has 0 bridgehead atoms. The van der Waals surface area contributed by atoms with Crippen LogP contribution in [0.5, 0.6) is 0 Å². The van der Waals surface area contributed by atoms with Crippen molar-refractivity contribution >= 4 is 29.1 Å². The van der Waals surface area contributed by atoms with Gasteiger partial charge in [0.05, 0.1) is 5.56 Å². The van der Waals surface area contributed by atoms with Gasteiger partial charge in [0.15, 0.2) is 0 Å². The number of esters is 1. The minimum absolute atomic E-state index is 0.0170. The van der Waals surface area contributed by atoms with Crippen molar-refractivity contribution in [2.75, 3.05) is 0 Å². The Morgan fingerprint density at radius 1 is 1.30 bits per heavy atom. The standard InChI is InChI=1S/C16H14ClN3O2S/c1-10-8-13(11(2)20(10)12-6-4-3-5-7-12)16(21)22-9-14-15(17)23-19-18-14/h3-8H,9H2,1-2H3. The van der Waals surface area contributed by atoms with Gasteiger partial charge in [0.25, 0.3) is 0 Å². The summed E-state index contributed by atoms with van der Waals surface area (Å²) < 4.78 is 11.5. The van der Waals surface area contributed by atoms with Crippen molar-refractivity contribution in [3.8, 4) is 5.69 Å². The van der Waals surface area contributed by atoms with Crippen LogP contribution in [-0.4, -0.2) is 20.1 Å². The predicted octanol–water partition coefficient (Wildman–Crippen LogP) is 3.96. The Bertz CT molecular complexity index is 842. The van der Waals surface area contributed by atoms with Gasteiger partial charge in [-0.15, -0.1) is 5.10 Å². The number of aromatic nitrogens is 3. The van der Waals surface area contributed by atoms with E-state index in [0.29, 0.717) is 15.6 Å². The fourth-order valence-corrected chi connectivity index (χ4v) is 3.04. The molecular weight excluding hydrogens is 334 g/mol. The summed E-state index contributed by atoms with van der Waals surface area (Å²) in [5, 5.41) is 3.83. The van der Waals surface area contributed by atoms with E-state index < -0.39 is 5.97 Å². The molecule has 0 saturated carbocycles. The third-order valence-electron chi connectivity index (χ3n) is 3.51. The zero-order chi connectivity index (χ0) is 16.4. The summed E-state index contributed by atoms with van der Waals surface area (Å²) >= 11 is 6.98. The van der Waals surface area contributed by atoms with Crippen LogP contribution in [0.2, 0.25) is 4.34 Å². The van der Waals surface area contributed by atoms with Gasteiger partial charge in [-0.3, -0.25) is 0 Å². The molecule has 23 heavy (non-hydrogen) atoms. The van der Waals surface area contributed by atoms with Gasteiger partial charge in [-0.25, -0.2) is 4.79 Å². The number of halogens is 1. The monoisotopic (exact) mass is 347 g/mol. The minimum atomic E-state index is -0.399. The number of benzene rings is 1. The molecule has 0 aliphatic carbocycles. The van der Waals surface area contributed by atoms with Crippen molar-refractivity contribution in [1.82, 2.24) is 14.2 Å². The van der Waals surface area contributed by atoms with Crippen LogP contribution < -0.4 is 0 Å². The number of carbonyl (C=O) groups excluding carboxylic acids is 1. The fraction of sp³-hybridized carbons (Fsp3) is 0.188. The van der Waals surface area contributed by atoms with Crippen LogP contribution in [0.25, 0.3) is 5.69 Å². The number of carbonyl (C=O) groups is 1. The van der Waals surface area contributed by atoms with Crippen LogP contribution in [0.15, 0.2) is 36.4 Å². The second-order valence-corrected chi connectivity index (χ2v) is 6.38. The van der Waals surface area contributed by atoms with Gasteiger partial charge in [0.2, 0.25) is 0 Å². The van der Waals surface area contributed by atoms with E-state index >= 15 is 0 Å². The molecule has 1 aromatic carbocycles. The predicted molar refractivity (Wildman–Crippen MR) is 89.3 cm³/mol. The van der Waals surface area contributed by atoms with Crippen LogP contribution >= 0.6 is 23.1 Å². The lowest BCUT2D eigenvalue weighted by Crippen LogP contribution is -2.07. The molecule has 0 fully saturated rings. The molecule has 118 valence electrons. The first-order valence-corrected chi connectivity index (χ1v) is 8.11. The van der Waals surface area contributed by atoms with Crippen LogP contribution in [0.4, 0.5) is 0 Å². The van der Waals surface area contributed by atoms with Crippen LogP contribution in [0.1, 0.15) is 27.4 Å². The average Bonchev–Trinajstić information content (AvgIpc) is 3.09. The number of hydrogen-bond donors (Lipinski definition) is 0. The van der Waals surface area contributed by atoms with E-state index in [4.69, 9.17) is 16.3 Å². The van der Waals surface area contributed by atoms with Crippen LogP contribution in [-0.2, 0) is 11.3 Å². The molecule has 0 atom stereocenters. The molecule has 0 aliphatic heterocycles. The lowest BCUT2D eigenvalue weighted by atomic mass is 10.2. The fourth-order valence-electron chi connectivity index (χ4n) is 2.44. The molecule has 7 heteroatoms. The molecule has 0 spiro atoms. The van der Waals surface area contributed by atoms with Crippen LogP contribution in [0.3, 0.4) is 0 Å². The Labute approximate surface area is 142 Å². The second kappa shape index (κ2) is 6.52. The first-order valence-electron chi connectivity index (χ1n) is 6.96. The summed E-state index contributed by atoms with van der Waals surface area (Å²) in [6.45, 7) is 3.87. The summed E-state index contributed by atoms with van der Waals surface area (Å²) in [7, 11) is 0. The zero-order valence-corrected chi connectivity index (χ0v) is 14.2. The van der Waals surface area contributed by atoms with E-state index in [1.165, 1.54) is 0 Å². The lowest BCUT2D eigenvalue weighted by Gasteiger charge is -2.09. The first-order chi connectivity index (χ1) is 11.1. The lowest BCUT2D eigenvalue weighted by molar-refractivity contribution is 0.0467. The van der Waals surface area contributed by atoms with Gasteiger partial charge in [-0.05, 0) is 32.0 Å².